The summed E-state index contributed by atoms with van der Waals surface area (Å²) in [6.07, 6.45) is 1.43. The molecule has 0 radical (unpaired) electrons. The van der Waals surface area contributed by atoms with Crippen molar-refractivity contribution in [2.24, 2.45) is 0 Å². The zero-order chi connectivity index (χ0) is 11.4. The number of hydrogen-bond acceptors (Lipinski definition) is 2. The van der Waals surface area contributed by atoms with Gasteiger partial charge in [-0.25, -0.2) is 13.6 Å². The van der Waals surface area contributed by atoms with Crippen molar-refractivity contribution in [1.82, 2.24) is 0 Å². The summed E-state index contributed by atoms with van der Waals surface area (Å²) in [4.78, 5) is 10.5. The smallest absolute Gasteiger partial charge is 0.335 e. The van der Waals surface area contributed by atoms with Crippen molar-refractivity contribution in [3.63, 3.8) is 0 Å². The van der Waals surface area contributed by atoms with Crippen molar-refractivity contribution < 1.29 is 18.7 Å². The SMILES string of the molecule is C=CCNc1c(F)cc(C(=O)O)cc1F. The van der Waals surface area contributed by atoms with Crippen LogP contribution in [0.4, 0.5) is 14.5 Å². The fraction of sp³-hybridized carbons (Fsp3) is 0.100. The van der Waals surface area contributed by atoms with E-state index in [-0.39, 0.29) is 12.2 Å². The van der Waals surface area contributed by atoms with E-state index in [1.807, 2.05) is 0 Å². The standard InChI is InChI=1S/C10H9F2NO2/c1-2-3-13-9-7(11)4-6(10(14)15)5-8(9)12/h2,4-5,13H,1,3H2,(H,14,15). The van der Waals surface area contributed by atoms with Crippen LogP contribution in [0.1, 0.15) is 10.4 Å². The predicted octanol–water partition coefficient (Wildman–Crippen LogP) is 2.26. The molecule has 0 saturated heterocycles. The molecule has 1 aromatic rings. The van der Waals surface area contributed by atoms with Crippen molar-refractivity contribution in [2.75, 3.05) is 11.9 Å². The van der Waals surface area contributed by atoms with Gasteiger partial charge in [0.25, 0.3) is 0 Å². The first-order valence-corrected chi connectivity index (χ1v) is 4.13. The maximum Gasteiger partial charge on any atom is 0.335 e. The van der Waals surface area contributed by atoms with Gasteiger partial charge in [0.1, 0.15) is 17.3 Å². The van der Waals surface area contributed by atoms with Crippen LogP contribution in [0.15, 0.2) is 24.8 Å². The number of carboxylic acids is 1. The van der Waals surface area contributed by atoms with E-state index in [9.17, 15) is 13.6 Å². The molecule has 0 amide bonds. The molecular formula is C10H9F2NO2. The molecule has 0 unspecified atom stereocenters. The summed E-state index contributed by atoms with van der Waals surface area (Å²) in [6.45, 7) is 3.57. The van der Waals surface area contributed by atoms with Gasteiger partial charge in [-0.05, 0) is 12.1 Å². The Morgan fingerprint density at radius 3 is 2.40 bits per heavy atom. The van der Waals surface area contributed by atoms with Crippen molar-refractivity contribution in [3.8, 4) is 0 Å². The molecule has 0 atom stereocenters. The Morgan fingerprint density at radius 1 is 1.47 bits per heavy atom. The summed E-state index contributed by atoms with van der Waals surface area (Å²) < 4.78 is 26.4. The van der Waals surface area contributed by atoms with Crippen molar-refractivity contribution in [2.45, 2.75) is 0 Å². The third-order valence-electron chi connectivity index (χ3n) is 1.71. The quantitative estimate of drug-likeness (QED) is 0.754. The lowest BCUT2D eigenvalue weighted by molar-refractivity contribution is 0.0696. The molecule has 0 heterocycles. The molecular weight excluding hydrogens is 204 g/mol. The third kappa shape index (κ3) is 2.52. The first-order chi connectivity index (χ1) is 7.06. The number of benzene rings is 1. The zero-order valence-electron chi connectivity index (χ0n) is 7.76. The fourth-order valence-corrected chi connectivity index (χ4v) is 1.04. The number of rotatable bonds is 4. The molecule has 0 bridgehead atoms. The highest BCUT2D eigenvalue weighted by molar-refractivity contribution is 5.88. The van der Waals surface area contributed by atoms with Gasteiger partial charge in [0.2, 0.25) is 0 Å². The van der Waals surface area contributed by atoms with Crippen LogP contribution in [0.2, 0.25) is 0 Å². The molecule has 2 N–H and O–H groups in total. The van der Waals surface area contributed by atoms with Crippen LogP contribution in [0, 0.1) is 11.6 Å². The lowest BCUT2D eigenvalue weighted by atomic mass is 10.2. The topological polar surface area (TPSA) is 49.3 Å². The fourth-order valence-electron chi connectivity index (χ4n) is 1.04. The number of aromatic carboxylic acids is 1. The predicted molar refractivity (Wildman–Crippen MR) is 52.0 cm³/mol. The van der Waals surface area contributed by atoms with E-state index in [0.29, 0.717) is 0 Å². The second-order valence-electron chi connectivity index (χ2n) is 2.79. The Kier molecular flexibility index (Phi) is 3.38. The van der Waals surface area contributed by atoms with E-state index in [4.69, 9.17) is 5.11 Å². The van der Waals surface area contributed by atoms with Gasteiger partial charge in [-0.3, -0.25) is 0 Å². The van der Waals surface area contributed by atoms with Crippen LogP contribution < -0.4 is 5.32 Å². The molecule has 1 aromatic carbocycles. The van der Waals surface area contributed by atoms with E-state index in [1.54, 1.807) is 0 Å². The van der Waals surface area contributed by atoms with E-state index in [0.717, 1.165) is 12.1 Å². The van der Waals surface area contributed by atoms with Gasteiger partial charge in [0.15, 0.2) is 0 Å². The van der Waals surface area contributed by atoms with Crippen LogP contribution in [0.25, 0.3) is 0 Å². The van der Waals surface area contributed by atoms with E-state index in [2.05, 4.69) is 11.9 Å². The summed E-state index contributed by atoms with van der Waals surface area (Å²) in [5, 5.41) is 11.0. The lowest BCUT2D eigenvalue weighted by Gasteiger charge is -2.07. The molecule has 0 fully saturated rings. The number of hydrogen-bond donors (Lipinski definition) is 2. The van der Waals surface area contributed by atoms with Gasteiger partial charge in [-0.2, -0.15) is 0 Å². The average molecular weight is 213 g/mol. The second kappa shape index (κ2) is 4.54. The molecule has 80 valence electrons. The van der Waals surface area contributed by atoms with Gasteiger partial charge in [0.05, 0.1) is 5.56 Å². The first kappa shape index (κ1) is 11.2. The minimum absolute atomic E-state index is 0.195. The molecule has 0 aliphatic rings. The van der Waals surface area contributed by atoms with Crippen LogP contribution >= 0.6 is 0 Å². The molecule has 0 saturated carbocycles. The van der Waals surface area contributed by atoms with E-state index in [1.165, 1.54) is 6.08 Å². The molecule has 0 aliphatic heterocycles. The maximum absolute atomic E-state index is 13.2. The minimum Gasteiger partial charge on any atom is -0.478 e. The summed E-state index contributed by atoms with van der Waals surface area (Å²) in [5.41, 5.74) is -0.769. The monoisotopic (exact) mass is 213 g/mol. The van der Waals surface area contributed by atoms with Crippen molar-refractivity contribution in [1.29, 1.82) is 0 Å². The molecule has 15 heavy (non-hydrogen) atoms. The van der Waals surface area contributed by atoms with E-state index >= 15 is 0 Å². The van der Waals surface area contributed by atoms with Gasteiger partial charge >= 0.3 is 5.97 Å². The van der Waals surface area contributed by atoms with Crippen LogP contribution in [-0.2, 0) is 0 Å². The normalized spacial score (nSPS) is 9.73. The summed E-state index contributed by atoms with van der Waals surface area (Å²) >= 11 is 0. The number of anilines is 1. The first-order valence-electron chi connectivity index (χ1n) is 4.13. The third-order valence-corrected chi connectivity index (χ3v) is 1.71. The molecule has 5 heteroatoms. The highest BCUT2D eigenvalue weighted by Gasteiger charge is 2.13. The Hall–Kier alpha value is -1.91. The number of nitrogens with one attached hydrogen (secondary N) is 1. The Bertz CT molecular complexity index is 381. The molecule has 0 aromatic heterocycles. The Morgan fingerprint density at radius 2 is 2.00 bits per heavy atom. The molecule has 3 nitrogen and oxygen atoms in total. The van der Waals surface area contributed by atoms with Crippen molar-refractivity contribution >= 4 is 11.7 Å². The summed E-state index contributed by atoms with van der Waals surface area (Å²) in [5.74, 6) is -3.24. The lowest BCUT2D eigenvalue weighted by Crippen LogP contribution is -2.06. The average Bonchev–Trinajstić information content (AvgIpc) is 2.16. The van der Waals surface area contributed by atoms with Crippen molar-refractivity contribution in [3.05, 3.63) is 42.0 Å². The zero-order valence-corrected chi connectivity index (χ0v) is 7.76. The second-order valence-corrected chi connectivity index (χ2v) is 2.79. The Balaban J connectivity index is 3.09. The maximum atomic E-state index is 13.2. The minimum atomic E-state index is -1.37. The van der Waals surface area contributed by atoms with Gasteiger partial charge in [-0.15, -0.1) is 6.58 Å². The number of carbonyl (C=O) groups is 1. The van der Waals surface area contributed by atoms with Crippen LogP contribution in [-0.4, -0.2) is 17.6 Å². The molecule has 0 aliphatic carbocycles. The van der Waals surface area contributed by atoms with Gasteiger partial charge in [-0.1, -0.05) is 6.08 Å². The number of carboxylic acid groups (broad SMARTS) is 1. The Labute approximate surface area is 85.0 Å². The number of halogens is 2. The van der Waals surface area contributed by atoms with Crippen LogP contribution in [0.3, 0.4) is 0 Å². The molecule has 0 spiro atoms. The van der Waals surface area contributed by atoms with E-state index < -0.39 is 23.2 Å². The van der Waals surface area contributed by atoms with Gasteiger partial charge < -0.3 is 10.4 Å². The highest BCUT2D eigenvalue weighted by atomic mass is 19.1. The largest absolute Gasteiger partial charge is 0.478 e. The summed E-state index contributed by atoms with van der Waals surface area (Å²) in [7, 11) is 0. The van der Waals surface area contributed by atoms with Gasteiger partial charge in [0, 0.05) is 6.54 Å². The summed E-state index contributed by atoms with van der Waals surface area (Å²) in [6, 6.07) is 1.52. The molecule has 1 rings (SSSR count). The van der Waals surface area contributed by atoms with Crippen LogP contribution in [0.5, 0.6) is 0 Å². The highest BCUT2D eigenvalue weighted by Crippen LogP contribution is 2.20.